The Morgan fingerprint density at radius 2 is 2.11 bits per heavy atom. The van der Waals surface area contributed by atoms with E-state index in [4.69, 9.17) is 8.83 Å². The second-order valence-corrected chi connectivity index (χ2v) is 7.01. The Kier molecular flexibility index (Phi) is 4.86. The Morgan fingerprint density at radius 1 is 1.22 bits per heavy atom. The molecule has 0 saturated heterocycles. The fourth-order valence-corrected chi connectivity index (χ4v) is 3.77. The lowest BCUT2D eigenvalue weighted by Crippen LogP contribution is -2.29. The molecule has 0 spiro atoms. The van der Waals surface area contributed by atoms with Crippen LogP contribution in [0.5, 0.6) is 0 Å². The van der Waals surface area contributed by atoms with Gasteiger partial charge in [-0.2, -0.15) is 5.26 Å². The molecule has 4 rings (SSSR count). The highest BCUT2D eigenvalue weighted by atomic mass is 32.2. The highest BCUT2D eigenvalue weighted by molar-refractivity contribution is 7.98. The lowest BCUT2D eigenvalue weighted by atomic mass is 10.1. The first kappa shape index (κ1) is 17.3. The Bertz CT molecular complexity index is 1030. The number of hydrogen-bond acceptors (Lipinski definition) is 5. The summed E-state index contributed by atoms with van der Waals surface area (Å²) in [6, 6.07) is 17.1. The van der Waals surface area contributed by atoms with Crippen LogP contribution < -0.4 is 4.90 Å². The summed E-state index contributed by atoms with van der Waals surface area (Å²) in [6.45, 7) is 0.583. The van der Waals surface area contributed by atoms with Crippen LogP contribution in [0.3, 0.4) is 0 Å². The molecular formula is C21H16N2O3S. The molecule has 1 aromatic carbocycles. The molecular weight excluding hydrogens is 360 g/mol. The molecule has 0 bridgehead atoms. The summed E-state index contributed by atoms with van der Waals surface area (Å²) in [6.07, 6.45) is 3.93. The van der Waals surface area contributed by atoms with Gasteiger partial charge in [0.15, 0.2) is 5.09 Å². The Balaban J connectivity index is 1.49. The number of carbonyl (C=O) groups is 1. The lowest BCUT2D eigenvalue weighted by molar-refractivity contribution is -0.114. The van der Waals surface area contributed by atoms with E-state index in [0.29, 0.717) is 23.2 Å². The minimum absolute atomic E-state index is 0.0589. The van der Waals surface area contributed by atoms with Crippen LogP contribution in [-0.4, -0.2) is 12.5 Å². The normalized spacial score (nSPS) is 13.4. The van der Waals surface area contributed by atoms with E-state index in [-0.39, 0.29) is 11.5 Å². The number of fused-ring (bicyclic) bond motifs is 1. The van der Waals surface area contributed by atoms with Crippen molar-refractivity contribution in [3.63, 3.8) is 0 Å². The number of carbonyl (C=O) groups excluding carboxylic acids is 1. The summed E-state index contributed by atoms with van der Waals surface area (Å²) in [7, 11) is 0. The van der Waals surface area contributed by atoms with Crippen molar-refractivity contribution in [1.82, 2.24) is 0 Å². The van der Waals surface area contributed by atoms with Crippen molar-refractivity contribution >= 4 is 29.4 Å². The Labute approximate surface area is 160 Å². The van der Waals surface area contributed by atoms with Crippen LogP contribution in [0.15, 0.2) is 74.3 Å². The zero-order valence-corrected chi connectivity index (χ0v) is 15.2. The van der Waals surface area contributed by atoms with Crippen LogP contribution in [0.25, 0.3) is 6.08 Å². The number of benzene rings is 1. The summed E-state index contributed by atoms with van der Waals surface area (Å²) in [4.78, 5) is 14.5. The summed E-state index contributed by atoms with van der Waals surface area (Å²) in [5.74, 6) is 1.69. The molecule has 2 aromatic heterocycles. The molecule has 0 atom stereocenters. The molecule has 1 aliphatic rings. The minimum Gasteiger partial charge on any atom is -0.468 e. The number of hydrogen-bond donors (Lipinski definition) is 0. The molecule has 6 heteroatoms. The highest BCUT2D eigenvalue weighted by Gasteiger charge is 2.26. The molecule has 0 unspecified atom stereocenters. The van der Waals surface area contributed by atoms with Crippen molar-refractivity contribution < 1.29 is 13.6 Å². The van der Waals surface area contributed by atoms with Gasteiger partial charge in [-0.15, -0.1) is 0 Å². The zero-order valence-electron chi connectivity index (χ0n) is 14.4. The van der Waals surface area contributed by atoms with Gasteiger partial charge in [-0.05, 0) is 42.3 Å². The quantitative estimate of drug-likeness (QED) is 0.368. The van der Waals surface area contributed by atoms with E-state index >= 15 is 0 Å². The largest absolute Gasteiger partial charge is 0.468 e. The number of thioether (sulfide) groups is 1. The average molecular weight is 376 g/mol. The van der Waals surface area contributed by atoms with Crippen molar-refractivity contribution in [2.45, 2.75) is 17.3 Å². The molecule has 3 heterocycles. The maximum Gasteiger partial charge on any atom is 0.269 e. The van der Waals surface area contributed by atoms with Crippen molar-refractivity contribution in [3.8, 4) is 6.07 Å². The van der Waals surface area contributed by atoms with E-state index in [2.05, 4.69) is 0 Å². The van der Waals surface area contributed by atoms with Gasteiger partial charge >= 0.3 is 0 Å². The first-order valence-electron chi connectivity index (χ1n) is 8.51. The molecule has 27 heavy (non-hydrogen) atoms. The van der Waals surface area contributed by atoms with Crippen LogP contribution in [-0.2, 0) is 17.0 Å². The highest BCUT2D eigenvalue weighted by Crippen LogP contribution is 2.30. The van der Waals surface area contributed by atoms with Gasteiger partial charge in [-0.25, -0.2) is 0 Å². The van der Waals surface area contributed by atoms with Gasteiger partial charge in [0.2, 0.25) is 0 Å². The minimum atomic E-state index is -0.302. The van der Waals surface area contributed by atoms with Crippen LogP contribution in [0, 0.1) is 11.3 Å². The first-order valence-corrected chi connectivity index (χ1v) is 9.50. The Morgan fingerprint density at radius 3 is 2.93 bits per heavy atom. The monoisotopic (exact) mass is 376 g/mol. The van der Waals surface area contributed by atoms with E-state index < -0.39 is 0 Å². The third kappa shape index (κ3) is 3.69. The van der Waals surface area contributed by atoms with Crippen LogP contribution >= 0.6 is 11.8 Å². The molecule has 0 fully saturated rings. The van der Waals surface area contributed by atoms with Gasteiger partial charge in [-0.3, -0.25) is 4.79 Å². The third-order valence-electron chi connectivity index (χ3n) is 4.31. The molecule has 0 aliphatic carbocycles. The first-order chi connectivity index (χ1) is 13.2. The van der Waals surface area contributed by atoms with Gasteiger partial charge in [0.25, 0.3) is 5.91 Å². The van der Waals surface area contributed by atoms with Crippen LogP contribution in [0.4, 0.5) is 5.69 Å². The second kappa shape index (κ2) is 7.60. The van der Waals surface area contributed by atoms with Crippen molar-refractivity contribution in [1.29, 1.82) is 5.26 Å². The van der Waals surface area contributed by atoms with E-state index in [1.165, 1.54) is 17.8 Å². The van der Waals surface area contributed by atoms with E-state index in [1.807, 2.05) is 48.5 Å². The predicted octanol–water partition coefficient (Wildman–Crippen LogP) is 4.66. The van der Waals surface area contributed by atoms with Gasteiger partial charge in [0.05, 0.1) is 12.0 Å². The molecule has 1 aliphatic heterocycles. The molecule has 0 saturated carbocycles. The number of amides is 1. The molecule has 0 N–H and O–H groups in total. The number of nitrogens with zero attached hydrogens (tertiary/aromatic N) is 2. The SMILES string of the molecule is N#CC(=Cc1ccc(SCc2ccco2)o1)C(=O)N1CCc2ccccc21. The van der Waals surface area contributed by atoms with Crippen LogP contribution in [0.1, 0.15) is 17.1 Å². The number of furan rings is 2. The van der Waals surface area contributed by atoms with Crippen molar-refractivity contribution in [3.05, 3.63) is 77.5 Å². The van der Waals surface area contributed by atoms with E-state index in [1.54, 1.807) is 17.2 Å². The van der Waals surface area contributed by atoms with E-state index in [0.717, 1.165) is 23.4 Å². The van der Waals surface area contributed by atoms with Gasteiger partial charge in [-0.1, -0.05) is 30.0 Å². The smallest absolute Gasteiger partial charge is 0.269 e. The number of para-hydroxylation sites is 1. The summed E-state index contributed by atoms with van der Waals surface area (Å²) < 4.78 is 11.0. The number of nitriles is 1. The molecule has 5 nitrogen and oxygen atoms in total. The topological polar surface area (TPSA) is 70.4 Å². The van der Waals surface area contributed by atoms with Gasteiger partial charge in [0.1, 0.15) is 23.2 Å². The van der Waals surface area contributed by atoms with Crippen molar-refractivity contribution in [2.75, 3.05) is 11.4 Å². The number of rotatable bonds is 5. The Hall–Kier alpha value is -3.17. The summed E-state index contributed by atoms with van der Waals surface area (Å²) in [5.41, 5.74) is 2.05. The second-order valence-electron chi connectivity index (χ2n) is 6.03. The summed E-state index contributed by atoms with van der Waals surface area (Å²) in [5, 5.41) is 10.2. The molecule has 0 radical (unpaired) electrons. The standard InChI is InChI=1S/C21H16N2O3S/c22-13-16(21(24)23-10-9-15-4-1-2-6-19(15)23)12-17-7-8-20(26-17)27-14-18-5-3-11-25-18/h1-8,11-12H,9-10,14H2. The molecule has 1 amide bonds. The lowest BCUT2D eigenvalue weighted by Gasteiger charge is -2.16. The third-order valence-corrected chi connectivity index (χ3v) is 5.24. The fourth-order valence-electron chi connectivity index (χ4n) is 3.01. The van der Waals surface area contributed by atoms with Gasteiger partial charge in [0, 0.05) is 18.3 Å². The summed E-state index contributed by atoms with van der Waals surface area (Å²) >= 11 is 1.49. The average Bonchev–Trinajstić information content (AvgIpc) is 3.44. The predicted molar refractivity (Wildman–Crippen MR) is 103 cm³/mol. The van der Waals surface area contributed by atoms with Crippen molar-refractivity contribution in [2.24, 2.45) is 0 Å². The zero-order chi connectivity index (χ0) is 18.6. The molecule has 134 valence electrons. The maximum absolute atomic E-state index is 12.8. The fraction of sp³-hybridized carbons (Fsp3) is 0.143. The van der Waals surface area contributed by atoms with Crippen LogP contribution in [0.2, 0.25) is 0 Å². The molecule has 3 aromatic rings. The maximum atomic E-state index is 12.8. The van der Waals surface area contributed by atoms with E-state index in [9.17, 15) is 10.1 Å². The van der Waals surface area contributed by atoms with Gasteiger partial charge < -0.3 is 13.7 Å². The number of anilines is 1.